The van der Waals surface area contributed by atoms with E-state index in [4.69, 9.17) is 5.11 Å². The normalized spacial score (nSPS) is 33.8. The Labute approximate surface area is 109 Å². The van der Waals surface area contributed by atoms with E-state index in [-0.39, 0.29) is 6.61 Å². The van der Waals surface area contributed by atoms with Gasteiger partial charge in [-0.05, 0) is 6.42 Å². The Kier molecular flexibility index (Phi) is 7.11. The van der Waals surface area contributed by atoms with Gasteiger partial charge in [-0.1, -0.05) is 39.0 Å². The lowest BCUT2D eigenvalue weighted by atomic mass is 9.99. The van der Waals surface area contributed by atoms with Crippen molar-refractivity contribution in [1.82, 2.24) is 5.32 Å². The molecule has 5 heteroatoms. The van der Waals surface area contributed by atoms with Crippen LogP contribution in [0.15, 0.2) is 0 Å². The first kappa shape index (κ1) is 15.9. The van der Waals surface area contributed by atoms with E-state index in [2.05, 4.69) is 12.2 Å². The zero-order valence-corrected chi connectivity index (χ0v) is 11.1. The predicted octanol–water partition coefficient (Wildman–Crippen LogP) is -0.238. The fourth-order valence-electron chi connectivity index (χ4n) is 2.53. The Hall–Kier alpha value is -0.200. The van der Waals surface area contributed by atoms with Crippen molar-refractivity contribution >= 4 is 0 Å². The molecule has 0 aliphatic carbocycles. The maximum atomic E-state index is 9.99. The Morgan fingerprint density at radius 3 is 2.28 bits per heavy atom. The number of aliphatic hydroxyl groups is 4. The van der Waals surface area contributed by atoms with E-state index in [1.807, 2.05) is 0 Å². The van der Waals surface area contributed by atoms with Gasteiger partial charge < -0.3 is 25.7 Å². The highest BCUT2D eigenvalue weighted by atomic mass is 16.3. The molecule has 0 bridgehead atoms. The van der Waals surface area contributed by atoms with Crippen LogP contribution in [0.25, 0.3) is 0 Å². The topological polar surface area (TPSA) is 93.0 Å². The van der Waals surface area contributed by atoms with Crippen molar-refractivity contribution in [3.05, 3.63) is 0 Å². The van der Waals surface area contributed by atoms with Crippen LogP contribution in [-0.2, 0) is 0 Å². The summed E-state index contributed by atoms with van der Waals surface area (Å²) in [7, 11) is 0. The maximum Gasteiger partial charge on any atom is 0.0993 e. The third kappa shape index (κ3) is 4.17. The molecule has 0 amide bonds. The molecule has 5 atom stereocenters. The SMILES string of the molecule is CCCCCCC[C@@H](O)[C@@H]1N[C@@H](CO)[C@H](O)[C@H]1O. The molecule has 1 rings (SSSR count). The van der Waals surface area contributed by atoms with Crippen molar-refractivity contribution in [2.24, 2.45) is 0 Å². The van der Waals surface area contributed by atoms with E-state index in [0.29, 0.717) is 6.42 Å². The average Bonchev–Trinajstić information content (AvgIpc) is 2.65. The van der Waals surface area contributed by atoms with Gasteiger partial charge in [-0.2, -0.15) is 0 Å². The number of hydrogen-bond donors (Lipinski definition) is 5. The summed E-state index contributed by atoms with van der Waals surface area (Å²) < 4.78 is 0. The molecule has 0 aromatic carbocycles. The summed E-state index contributed by atoms with van der Waals surface area (Å²) in [6.45, 7) is 1.92. The van der Waals surface area contributed by atoms with E-state index in [9.17, 15) is 15.3 Å². The lowest BCUT2D eigenvalue weighted by Gasteiger charge is -2.22. The minimum atomic E-state index is -1.01. The molecule has 0 spiro atoms. The van der Waals surface area contributed by atoms with Crippen LogP contribution in [0.3, 0.4) is 0 Å². The van der Waals surface area contributed by atoms with Crippen molar-refractivity contribution in [2.45, 2.75) is 75.8 Å². The summed E-state index contributed by atoms with van der Waals surface area (Å²) in [5, 5.41) is 41.3. The van der Waals surface area contributed by atoms with Gasteiger partial charge >= 0.3 is 0 Å². The Balaban J connectivity index is 2.27. The third-order valence-corrected chi connectivity index (χ3v) is 3.75. The van der Waals surface area contributed by atoms with Gasteiger partial charge in [0.15, 0.2) is 0 Å². The van der Waals surface area contributed by atoms with E-state index in [1.165, 1.54) is 19.3 Å². The van der Waals surface area contributed by atoms with Crippen LogP contribution in [0.2, 0.25) is 0 Å². The number of hydrogen-bond acceptors (Lipinski definition) is 5. The fourth-order valence-corrected chi connectivity index (χ4v) is 2.53. The summed E-state index contributed by atoms with van der Waals surface area (Å²) in [4.78, 5) is 0. The molecule has 1 fully saturated rings. The minimum absolute atomic E-state index is 0.238. The van der Waals surface area contributed by atoms with Crippen molar-refractivity contribution < 1.29 is 20.4 Å². The molecule has 1 saturated heterocycles. The number of unbranched alkanes of at least 4 members (excludes halogenated alkanes) is 4. The monoisotopic (exact) mass is 261 g/mol. The fraction of sp³-hybridized carbons (Fsp3) is 1.00. The van der Waals surface area contributed by atoms with Crippen LogP contribution >= 0.6 is 0 Å². The average molecular weight is 261 g/mol. The number of rotatable bonds is 8. The Morgan fingerprint density at radius 2 is 1.72 bits per heavy atom. The van der Waals surface area contributed by atoms with E-state index >= 15 is 0 Å². The van der Waals surface area contributed by atoms with Gasteiger partial charge in [0.1, 0.15) is 0 Å². The summed E-state index contributed by atoms with van der Waals surface area (Å²) in [6, 6.07) is -1.08. The summed E-state index contributed by atoms with van der Waals surface area (Å²) in [5.41, 5.74) is 0. The first-order valence-corrected chi connectivity index (χ1v) is 7.03. The largest absolute Gasteiger partial charge is 0.395 e. The zero-order chi connectivity index (χ0) is 13.5. The Morgan fingerprint density at radius 1 is 1.06 bits per heavy atom. The molecule has 108 valence electrons. The molecule has 1 aliphatic rings. The molecule has 1 aliphatic heterocycles. The van der Waals surface area contributed by atoms with Gasteiger partial charge in [-0.15, -0.1) is 0 Å². The molecule has 1 heterocycles. The highest BCUT2D eigenvalue weighted by Gasteiger charge is 2.43. The quantitative estimate of drug-likeness (QED) is 0.389. The molecule has 18 heavy (non-hydrogen) atoms. The van der Waals surface area contributed by atoms with E-state index in [0.717, 1.165) is 12.8 Å². The van der Waals surface area contributed by atoms with E-state index < -0.39 is 30.4 Å². The second kappa shape index (κ2) is 8.07. The van der Waals surface area contributed by atoms with Crippen LogP contribution in [0.5, 0.6) is 0 Å². The van der Waals surface area contributed by atoms with Gasteiger partial charge in [-0.25, -0.2) is 0 Å². The molecule has 0 unspecified atom stereocenters. The van der Waals surface area contributed by atoms with Crippen molar-refractivity contribution in [1.29, 1.82) is 0 Å². The summed E-state index contributed by atoms with van der Waals surface area (Å²) in [5.74, 6) is 0. The number of nitrogens with one attached hydrogen (secondary N) is 1. The third-order valence-electron chi connectivity index (χ3n) is 3.75. The van der Waals surface area contributed by atoms with Crippen LogP contribution in [0.4, 0.5) is 0 Å². The second-order valence-corrected chi connectivity index (χ2v) is 5.23. The smallest absolute Gasteiger partial charge is 0.0993 e. The molecular weight excluding hydrogens is 234 g/mol. The molecule has 0 radical (unpaired) electrons. The second-order valence-electron chi connectivity index (χ2n) is 5.23. The van der Waals surface area contributed by atoms with Gasteiger partial charge in [0.05, 0.1) is 37.0 Å². The van der Waals surface area contributed by atoms with Gasteiger partial charge in [-0.3, -0.25) is 0 Å². The highest BCUT2D eigenvalue weighted by molar-refractivity contribution is 5.00. The van der Waals surface area contributed by atoms with Crippen LogP contribution in [-0.4, -0.2) is 57.4 Å². The van der Waals surface area contributed by atoms with Crippen LogP contribution < -0.4 is 5.32 Å². The van der Waals surface area contributed by atoms with Crippen LogP contribution in [0, 0.1) is 0 Å². The van der Waals surface area contributed by atoms with Gasteiger partial charge in [0.25, 0.3) is 0 Å². The first-order valence-electron chi connectivity index (χ1n) is 7.03. The van der Waals surface area contributed by atoms with Crippen molar-refractivity contribution in [2.75, 3.05) is 6.61 Å². The van der Waals surface area contributed by atoms with Gasteiger partial charge in [0.2, 0.25) is 0 Å². The van der Waals surface area contributed by atoms with Crippen molar-refractivity contribution in [3.63, 3.8) is 0 Å². The molecular formula is C13H27NO4. The first-order chi connectivity index (χ1) is 8.61. The minimum Gasteiger partial charge on any atom is -0.395 e. The highest BCUT2D eigenvalue weighted by Crippen LogP contribution is 2.20. The van der Waals surface area contributed by atoms with Crippen LogP contribution in [0.1, 0.15) is 45.4 Å². The summed E-state index contributed by atoms with van der Waals surface area (Å²) >= 11 is 0. The van der Waals surface area contributed by atoms with Gasteiger partial charge in [0, 0.05) is 0 Å². The standard InChI is InChI=1S/C13H27NO4/c1-2-3-4-5-6-7-10(16)11-13(18)12(17)9(8-15)14-11/h9-18H,2-8H2,1H3/t9-,10+,11-,12-,13-/m0/s1. The molecule has 5 N–H and O–H groups in total. The molecule has 0 saturated carbocycles. The maximum absolute atomic E-state index is 9.99. The summed E-state index contributed by atoms with van der Waals surface area (Å²) in [6.07, 6.45) is 3.51. The molecule has 0 aromatic heterocycles. The molecule has 5 nitrogen and oxygen atoms in total. The lowest BCUT2D eigenvalue weighted by molar-refractivity contribution is -0.00443. The molecule has 0 aromatic rings. The van der Waals surface area contributed by atoms with E-state index in [1.54, 1.807) is 0 Å². The predicted molar refractivity (Wildman–Crippen MR) is 69.2 cm³/mol. The zero-order valence-electron chi connectivity index (χ0n) is 11.1. The lowest BCUT2D eigenvalue weighted by Crippen LogP contribution is -2.44. The number of aliphatic hydroxyl groups excluding tert-OH is 4. The van der Waals surface area contributed by atoms with Crippen molar-refractivity contribution in [3.8, 4) is 0 Å². The Bertz CT molecular complexity index is 227.